The van der Waals surface area contributed by atoms with Gasteiger partial charge in [-0.3, -0.25) is 0 Å². The van der Waals surface area contributed by atoms with Crippen molar-refractivity contribution in [2.75, 3.05) is 0 Å². The van der Waals surface area contributed by atoms with Gasteiger partial charge in [-0.15, -0.1) is 0 Å². The van der Waals surface area contributed by atoms with E-state index in [1.807, 2.05) is 19.1 Å². The second-order valence-corrected chi connectivity index (χ2v) is 5.14. The van der Waals surface area contributed by atoms with E-state index in [1.54, 1.807) is 0 Å². The Bertz CT molecular complexity index is 569. The minimum absolute atomic E-state index is 0.453. The quantitative estimate of drug-likeness (QED) is 0.727. The molecule has 2 rings (SSSR count). The van der Waals surface area contributed by atoms with Crippen LogP contribution in [0.4, 0.5) is 0 Å². The van der Waals surface area contributed by atoms with Crippen LogP contribution >= 0.6 is 11.6 Å². The Morgan fingerprint density at radius 3 is 2.45 bits per heavy atom. The van der Waals surface area contributed by atoms with E-state index >= 15 is 0 Å². The number of halogens is 1. The molecule has 1 aromatic carbocycles. The minimum atomic E-state index is 0.453. The Morgan fingerprint density at radius 1 is 1.15 bits per heavy atom. The topological polar surface area (TPSA) is 35.0 Å². The molecule has 4 heteroatoms. The third-order valence-corrected chi connectivity index (χ3v) is 3.81. The maximum Gasteiger partial charge on any atom is 0.226 e. The second-order valence-electron chi connectivity index (χ2n) is 4.78. The van der Waals surface area contributed by atoms with Crippen molar-refractivity contribution in [3.8, 4) is 11.6 Å². The Hall–Kier alpha value is -1.61. The molecule has 0 bridgehead atoms. The van der Waals surface area contributed by atoms with Crippen molar-refractivity contribution in [1.82, 2.24) is 9.97 Å². The van der Waals surface area contributed by atoms with Crippen molar-refractivity contribution >= 4 is 11.6 Å². The van der Waals surface area contributed by atoms with Gasteiger partial charge >= 0.3 is 0 Å². The molecule has 0 radical (unpaired) electrons. The highest BCUT2D eigenvalue weighted by Gasteiger charge is 2.10. The summed E-state index contributed by atoms with van der Waals surface area (Å²) in [6, 6.07) is 8.13. The second kappa shape index (κ2) is 6.71. The molecule has 0 saturated carbocycles. The van der Waals surface area contributed by atoms with Gasteiger partial charge in [-0.05, 0) is 36.5 Å². The molecule has 0 aliphatic heterocycles. The number of hydrogen-bond donors (Lipinski definition) is 0. The predicted octanol–water partition coefficient (Wildman–Crippen LogP) is 5.00. The fraction of sp³-hybridized carbons (Fsp3) is 0.375. The summed E-state index contributed by atoms with van der Waals surface area (Å²) in [5.74, 6) is 1.86. The SMILES string of the molecule is CCc1c(Cl)ncnc1Oc1ccc(C(C)CC)cc1. The molecule has 0 aliphatic rings. The Labute approximate surface area is 125 Å². The molecule has 1 atom stereocenters. The molecule has 1 aromatic heterocycles. The van der Waals surface area contributed by atoms with Crippen LogP contribution in [0.1, 0.15) is 44.2 Å². The van der Waals surface area contributed by atoms with Crippen molar-refractivity contribution in [3.63, 3.8) is 0 Å². The largest absolute Gasteiger partial charge is 0.439 e. The van der Waals surface area contributed by atoms with Gasteiger partial charge < -0.3 is 4.74 Å². The first-order chi connectivity index (χ1) is 9.65. The highest BCUT2D eigenvalue weighted by molar-refractivity contribution is 6.30. The summed E-state index contributed by atoms with van der Waals surface area (Å²) in [4.78, 5) is 8.14. The monoisotopic (exact) mass is 290 g/mol. The Balaban J connectivity index is 2.20. The molecule has 1 heterocycles. The van der Waals surface area contributed by atoms with Gasteiger partial charge in [0.15, 0.2) is 0 Å². The lowest BCUT2D eigenvalue weighted by Gasteiger charge is -2.12. The first-order valence-electron chi connectivity index (χ1n) is 6.92. The maximum atomic E-state index is 6.05. The summed E-state index contributed by atoms with van der Waals surface area (Å²) in [7, 11) is 0. The molecule has 0 spiro atoms. The van der Waals surface area contributed by atoms with Gasteiger partial charge in [-0.1, -0.05) is 44.5 Å². The van der Waals surface area contributed by atoms with Crippen LogP contribution in [0.25, 0.3) is 0 Å². The summed E-state index contributed by atoms with van der Waals surface area (Å²) in [5, 5.41) is 0.453. The molecule has 106 valence electrons. The average Bonchev–Trinajstić information content (AvgIpc) is 2.47. The molecular weight excluding hydrogens is 272 g/mol. The molecule has 20 heavy (non-hydrogen) atoms. The zero-order chi connectivity index (χ0) is 14.5. The fourth-order valence-corrected chi connectivity index (χ4v) is 2.23. The third kappa shape index (κ3) is 3.28. The summed E-state index contributed by atoms with van der Waals surface area (Å²) >= 11 is 6.05. The third-order valence-electron chi connectivity index (χ3n) is 3.48. The summed E-state index contributed by atoms with van der Waals surface area (Å²) in [6.07, 6.45) is 3.28. The van der Waals surface area contributed by atoms with Crippen molar-refractivity contribution in [1.29, 1.82) is 0 Å². The van der Waals surface area contributed by atoms with Crippen LogP contribution in [0.2, 0.25) is 5.15 Å². The number of aromatic nitrogens is 2. The molecule has 0 aliphatic carbocycles. The maximum absolute atomic E-state index is 6.05. The molecule has 0 saturated heterocycles. The van der Waals surface area contributed by atoms with Crippen molar-refractivity contribution in [2.24, 2.45) is 0 Å². The minimum Gasteiger partial charge on any atom is -0.439 e. The lowest BCUT2D eigenvalue weighted by Crippen LogP contribution is -1.97. The van der Waals surface area contributed by atoms with Gasteiger partial charge in [-0.25, -0.2) is 9.97 Å². The van der Waals surface area contributed by atoms with Crippen LogP contribution in [0.15, 0.2) is 30.6 Å². The van der Waals surface area contributed by atoms with Gasteiger partial charge in [0.25, 0.3) is 0 Å². The fourth-order valence-electron chi connectivity index (χ4n) is 1.97. The highest BCUT2D eigenvalue weighted by Crippen LogP contribution is 2.28. The molecule has 0 amide bonds. The van der Waals surface area contributed by atoms with Crippen molar-refractivity contribution in [3.05, 3.63) is 46.9 Å². The Kier molecular flexibility index (Phi) is 4.96. The molecule has 0 fully saturated rings. The van der Waals surface area contributed by atoms with E-state index in [1.165, 1.54) is 11.9 Å². The van der Waals surface area contributed by atoms with Crippen LogP contribution in [0.3, 0.4) is 0 Å². The number of nitrogens with zero attached hydrogens (tertiary/aromatic N) is 2. The first kappa shape index (κ1) is 14.8. The van der Waals surface area contributed by atoms with Gasteiger partial charge in [0.05, 0.1) is 5.56 Å². The smallest absolute Gasteiger partial charge is 0.226 e. The number of hydrogen-bond acceptors (Lipinski definition) is 3. The molecular formula is C16H19ClN2O. The average molecular weight is 291 g/mol. The van der Waals surface area contributed by atoms with E-state index in [-0.39, 0.29) is 0 Å². The molecule has 0 N–H and O–H groups in total. The number of benzene rings is 1. The van der Waals surface area contributed by atoms with E-state index in [4.69, 9.17) is 16.3 Å². The van der Waals surface area contributed by atoms with E-state index < -0.39 is 0 Å². The van der Waals surface area contributed by atoms with Crippen LogP contribution < -0.4 is 4.74 Å². The summed E-state index contributed by atoms with van der Waals surface area (Å²) < 4.78 is 5.81. The van der Waals surface area contributed by atoms with Crippen molar-refractivity contribution in [2.45, 2.75) is 39.5 Å². The lowest BCUT2D eigenvalue weighted by atomic mass is 9.99. The van der Waals surface area contributed by atoms with Crippen LogP contribution in [0.5, 0.6) is 11.6 Å². The van der Waals surface area contributed by atoms with Gasteiger partial charge in [0.2, 0.25) is 5.88 Å². The first-order valence-corrected chi connectivity index (χ1v) is 7.30. The molecule has 2 aromatic rings. The lowest BCUT2D eigenvalue weighted by molar-refractivity contribution is 0.455. The van der Waals surface area contributed by atoms with Gasteiger partial charge in [0, 0.05) is 0 Å². The Morgan fingerprint density at radius 2 is 1.85 bits per heavy atom. The van der Waals surface area contributed by atoms with Gasteiger partial charge in [-0.2, -0.15) is 0 Å². The van der Waals surface area contributed by atoms with E-state index in [0.717, 1.165) is 24.2 Å². The molecule has 1 unspecified atom stereocenters. The zero-order valence-electron chi connectivity index (χ0n) is 12.1. The van der Waals surface area contributed by atoms with Crippen LogP contribution in [-0.2, 0) is 6.42 Å². The molecule has 3 nitrogen and oxygen atoms in total. The van der Waals surface area contributed by atoms with Gasteiger partial charge in [0.1, 0.15) is 17.2 Å². The highest BCUT2D eigenvalue weighted by atomic mass is 35.5. The predicted molar refractivity (Wildman–Crippen MR) is 81.6 cm³/mol. The summed E-state index contributed by atoms with van der Waals surface area (Å²) in [6.45, 7) is 6.41. The van der Waals surface area contributed by atoms with Crippen LogP contribution in [-0.4, -0.2) is 9.97 Å². The van der Waals surface area contributed by atoms with Crippen molar-refractivity contribution < 1.29 is 4.74 Å². The van der Waals surface area contributed by atoms with E-state index in [2.05, 4.69) is 35.9 Å². The van der Waals surface area contributed by atoms with Crippen LogP contribution in [0, 0.1) is 0 Å². The standard InChI is InChI=1S/C16H19ClN2O/c1-4-11(3)12-6-8-13(9-7-12)20-16-14(5-2)15(17)18-10-19-16/h6-11H,4-5H2,1-3H3. The van der Waals surface area contributed by atoms with E-state index in [0.29, 0.717) is 17.0 Å². The zero-order valence-corrected chi connectivity index (χ0v) is 12.8. The number of ether oxygens (including phenoxy) is 1. The number of rotatable bonds is 5. The van der Waals surface area contributed by atoms with E-state index in [9.17, 15) is 0 Å². The summed E-state index contributed by atoms with van der Waals surface area (Å²) in [5.41, 5.74) is 2.15. The normalized spacial score (nSPS) is 12.2.